The van der Waals surface area contributed by atoms with Gasteiger partial charge in [0.15, 0.2) is 17.5 Å². The molecule has 1 unspecified atom stereocenters. The highest BCUT2D eigenvalue weighted by atomic mass is 32.1. The van der Waals surface area contributed by atoms with Crippen molar-refractivity contribution >= 4 is 17.4 Å². The molecule has 0 spiro atoms. The van der Waals surface area contributed by atoms with Crippen molar-refractivity contribution in [1.29, 1.82) is 0 Å². The van der Waals surface area contributed by atoms with Gasteiger partial charge in [-0.1, -0.05) is 11.4 Å². The van der Waals surface area contributed by atoms with Crippen LogP contribution in [0.25, 0.3) is 27.6 Å². The summed E-state index contributed by atoms with van der Waals surface area (Å²) in [5.74, 6) is 0.493. The topological polar surface area (TPSA) is 94.7 Å². The first-order valence-electron chi connectivity index (χ1n) is 10.0. The van der Waals surface area contributed by atoms with E-state index in [9.17, 15) is 8.78 Å². The lowest BCUT2D eigenvalue weighted by Gasteiger charge is -2.49. The fourth-order valence-electron chi connectivity index (χ4n) is 4.40. The van der Waals surface area contributed by atoms with Crippen LogP contribution in [0.15, 0.2) is 30.7 Å². The van der Waals surface area contributed by atoms with Crippen LogP contribution in [0.4, 0.5) is 14.6 Å². The molecule has 0 aliphatic carbocycles. The van der Waals surface area contributed by atoms with Crippen LogP contribution in [0.3, 0.4) is 0 Å². The molecule has 12 heteroatoms. The zero-order valence-electron chi connectivity index (χ0n) is 16.9. The van der Waals surface area contributed by atoms with Gasteiger partial charge in [0.05, 0.1) is 19.4 Å². The molecule has 0 radical (unpaired) electrons. The Kier molecular flexibility index (Phi) is 4.27. The summed E-state index contributed by atoms with van der Waals surface area (Å²) in [6.45, 7) is 3.73. The Morgan fingerprint density at radius 1 is 1.25 bits per heavy atom. The van der Waals surface area contributed by atoms with Gasteiger partial charge in [-0.3, -0.25) is 4.57 Å². The smallest absolute Gasteiger partial charge is 0.175 e. The van der Waals surface area contributed by atoms with E-state index < -0.39 is 17.2 Å². The number of hydrogen-bond donors (Lipinski definition) is 0. The molecular weight excluding hydrogens is 438 g/mol. The van der Waals surface area contributed by atoms with Gasteiger partial charge in [0, 0.05) is 18.2 Å². The lowest BCUT2D eigenvalue weighted by Crippen LogP contribution is -2.58. The maximum absolute atomic E-state index is 14.4. The van der Waals surface area contributed by atoms with Gasteiger partial charge in [-0.05, 0) is 30.1 Å². The predicted octanol–water partition coefficient (Wildman–Crippen LogP) is 2.98. The summed E-state index contributed by atoms with van der Waals surface area (Å²) < 4.78 is 39.5. The van der Waals surface area contributed by atoms with Gasteiger partial charge in [-0.15, -0.1) is 15.3 Å². The molecule has 32 heavy (non-hydrogen) atoms. The number of benzene rings is 1. The van der Waals surface area contributed by atoms with Gasteiger partial charge in [0.1, 0.15) is 39.8 Å². The highest BCUT2D eigenvalue weighted by Gasteiger charge is 2.49. The van der Waals surface area contributed by atoms with E-state index in [4.69, 9.17) is 9.72 Å². The van der Waals surface area contributed by atoms with Gasteiger partial charge >= 0.3 is 0 Å². The number of rotatable bonds is 3. The molecule has 0 saturated carbocycles. The average Bonchev–Trinajstić information content (AvgIpc) is 3.49. The normalized spacial score (nSPS) is 19.4. The molecule has 2 aliphatic heterocycles. The van der Waals surface area contributed by atoms with E-state index in [-0.39, 0.29) is 11.3 Å². The fourth-order valence-corrected chi connectivity index (χ4v) is 5.02. The molecule has 9 nitrogen and oxygen atoms in total. The monoisotopic (exact) mass is 454 g/mol. The van der Waals surface area contributed by atoms with Crippen molar-refractivity contribution in [1.82, 2.24) is 34.3 Å². The van der Waals surface area contributed by atoms with Crippen LogP contribution in [-0.2, 0) is 10.3 Å². The molecule has 1 saturated heterocycles. The third-order valence-electron chi connectivity index (χ3n) is 6.01. The lowest BCUT2D eigenvalue weighted by atomic mass is 9.90. The molecule has 0 N–H and O–H groups in total. The van der Waals surface area contributed by atoms with Crippen molar-refractivity contribution in [3.63, 3.8) is 0 Å². The molecular formula is C20H16F2N8OS. The zero-order chi connectivity index (χ0) is 21.9. The Bertz CT molecular complexity index is 1340. The third kappa shape index (κ3) is 2.62. The Morgan fingerprint density at radius 3 is 3.00 bits per heavy atom. The maximum atomic E-state index is 14.4. The first kappa shape index (κ1) is 19.3. The van der Waals surface area contributed by atoms with E-state index in [1.165, 1.54) is 12.1 Å². The average molecular weight is 454 g/mol. The van der Waals surface area contributed by atoms with Crippen LogP contribution in [-0.4, -0.2) is 54.1 Å². The standard InChI is InChI=1S/C20H16F2N8OS/c1-2-20-9-31-6-5-30(20)18-14(29-10-24-27-19(20)29)8-23-17(25-18)16-15(26-28-32-16)12-4-3-11(21)7-13(12)22/h3-4,7-8,10H,2,5-6,9H2,1H3. The number of ether oxygens (including phenoxy) is 1. The van der Waals surface area contributed by atoms with Gasteiger partial charge in [0.25, 0.3) is 0 Å². The summed E-state index contributed by atoms with van der Waals surface area (Å²) in [5.41, 5.74) is 0.682. The van der Waals surface area contributed by atoms with Crippen LogP contribution in [0, 0.1) is 11.6 Å². The Hall–Kier alpha value is -3.38. The number of anilines is 1. The lowest BCUT2D eigenvalue weighted by molar-refractivity contribution is 0.0391. The van der Waals surface area contributed by atoms with E-state index in [0.29, 0.717) is 36.3 Å². The molecule has 1 aromatic carbocycles. The molecule has 0 amide bonds. The second-order valence-electron chi connectivity index (χ2n) is 7.59. The van der Waals surface area contributed by atoms with E-state index >= 15 is 0 Å². The summed E-state index contributed by atoms with van der Waals surface area (Å²) in [4.78, 5) is 12.1. The highest BCUT2D eigenvalue weighted by Crippen LogP contribution is 2.44. The molecule has 6 rings (SSSR count). The summed E-state index contributed by atoms with van der Waals surface area (Å²) in [5, 5.41) is 12.6. The Labute approximate surface area is 184 Å². The number of fused-ring (bicyclic) bond motifs is 6. The minimum atomic E-state index is -0.718. The summed E-state index contributed by atoms with van der Waals surface area (Å²) in [6.07, 6.45) is 4.09. The van der Waals surface area contributed by atoms with E-state index in [1.807, 2.05) is 4.57 Å². The first-order valence-corrected chi connectivity index (χ1v) is 10.8. The number of morpholine rings is 1. The van der Waals surface area contributed by atoms with Crippen molar-refractivity contribution in [3.8, 4) is 27.6 Å². The van der Waals surface area contributed by atoms with Crippen LogP contribution in [0.1, 0.15) is 19.2 Å². The second kappa shape index (κ2) is 7.07. The van der Waals surface area contributed by atoms with E-state index in [0.717, 1.165) is 35.5 Å². The minimum absolute atomic E-state index is 0.145. The van der Waals surface area contributed by atoms with Gasteiger partial charge < -0.3 is 9.64 Å². The quantitative estimate of drug-likeness (QED) is 0.466. The molecule has 5 heterocycles. The van der Waals surface area contributed by atoms with E-state index in [1.54, 1.807) is 12.5 Å². The Balaban J connectivity index is 1.52. The fraction of sp³-hybridized carbons (Fsp3) is 0.300. The molecule has 1 atom stereocenters. The molecule has 2 aliphatic rings. The number of hydrogen-bond acceptors (Lipinski definition) is 9. The molecule has 1 fully saturated rings. The van der Waals surface area contributed by atoms with Gasteiger partial charge in [0.2, 0.25) is 0 Å². The number of nitrogens with zero attached hydrogens (tertiary/aromatic N) is 8. The summed E-state index contributed by atoms with van der Waals surface area (Å²) in [6, 6.07) is 3.35. The summed E-state index contributed by atoms with van der Waals surface area (Å²) >= 11 is 1.06. The van der Waals surface area contributed by atoms with Crippen LogP contribution < -0.4 is 4.90 Å². The van der Waals surface area contributed by atoms with Crippen molar-refractivity contribution < 1.29 is 13.5 Å². The second-order valence-corrected chi connectivity index (χ2v) is 8.35. The minimum Gasteiger partial charge on any atom is -0.377 e. The molecule has 162 valence electrons. The Morgan fingerprint density at radius 2 is 2.16 bits per heavy atom. The van der Waals surface area contributed by atoms with Crippen LogP contribution >= 0.6 is 11.5 Å². The SMILES string of the molecule is CCC12COCCN1c1nc(-c3snnc3-c3ccc(F)cc3F)ncc1-n1cnnc12. The highest BCUT2D eigenvalue weighted by molar-refractivity contribution is 7.09. The zero-order valence-corrected chi connectivity index (χ0v) is 17.7. The molecule has 3 aromatic heterocycles. The van der Waals surface area contributed by atoms with Crippen molar-refractivity contribution in [2.24, 2.45) is 0 Å². The van der Waals surface area contributed by atoms with E-state index in [2.05, 4.69) is 36.6 Å². The van der Waals surface area contributed by atoms with Crippen molar-refractivity contribution in [2.75, 3.05) is 24.7 Å². The predicted molar refractivity (Wildman–Crippen MR) is 111 cm³/mol. The van der Waals surface area contributed by atoms with Crippen molar-refractivity contribution in [3.05, 3.63) is 48.2 Å². The third-order valence-corrected chi connectivity index (χ3v) is 6.73. The first-order chi connectivity index (χ1) is 15.6. The number of halogens is 2. The van der Waals surface area contributed by atoms with Crippen LogP contribution in [0.2, 0.25) is 0 Å². The van der Waals surface area contributed by atoms with Crippen LogP contribution in [0.5, 0.6) is 0 Å². The number of aromatic nitrogens is 7. The largest absolute Gasteiger partial charge is 0.377 e. The van der Waals surface area contributed by atoms with Crippen molar-refractivity contribution in [2.45, 2.75) is 18.9 Å². The maximum Gasteiger partial charge on any atom is 0.175 e. The van der Waals surface area contributed by atoms with Gasteiger partial charge in [-0.2, -0.15) is 0 Å². The molecule has 0 bridgehead atoms. The van der Waals surface area contributed by atoms with Gasteiger partial charge in [-0.25, -0.2) is 18.7 Å². The summed E-state index contributed by atoms with van der Waals surface area (Å²) in [7, 11) is 0. The molecule has 4 aromatic rings.